The molecule has 2 aliphatic heterocycles. The van der Waals surface area contributed by atoms with Gasteiger partial charge in [-0.25, -0.2) is 8.42 Å². The third kappa shape index (κ3) is 0.917. The third-order valence-corrected chi connectivity index (χ3v) is 6.07. The minimum absolute atomic E-state index is 0.00262. The Hall–Kier alpha value is -0.910. The maximum Gasteiger partial charge on any atom is 0.325 e. The number of sulfone groups is 1. The fourth-order valence-electron chi connectivity index (χ4n) is 2.36. The lowest BCUT2D eigenvalue weighted by Gasteiger charge is -2.27. The zero-order chi connectivity index (χ0) is 10.6. The van der Waals surface area contributed by atoms with E-state index in [-0.39, 0.29) is 25.0 Å². The number of Topliss-reactive ketones (excluding diaryl/α,β-unsaturated/α-hetero) is 1. The molecule has 2 rings (SSSR count). The quantitative estimate of drug-likeness (QED) is 0.655. The maximum absolute atomic E-state index is 11.8. The number of fused-ring (bicyclic) bond motifs is 2. The van der Waals surface area contributed by atoms with Crippen LogP contribution in [-0.4, -0.2) is 35.3 Å². The van der Waals surface area contributed by atoms with Crippen LogP contribution in [0.3, 0.4) is 0 Å². The molecule has 2 unspecified atom stereocenters. The van der Waals surface area contributed by atoms with Crippen molar-refractivity contribution in [2.24, 2.45) is 0 Å². The summed E-state index contributed by atoms with van der Waals surface area (Å²) in [6, 6.07) is 0. The first-order chi connectivity index (χ1) is 6.40. The van der Waals surface area contributed by atoms with Crippen LogP contribution in [0.5, 0.6) is 0 Å². The molecule has 0 aliphatic carbocycles. The van der Waals surface area contributed by atoms with E-state index in [1.54, 1.807) is 0 Å². The van der Waals surface area contributed by atoms with Crippen LogP contribution in [0.15, 0.2) is 0 Å². The zero-order valence-corrected chi connectivity index (χ0v) is 8.21. The van der Waals surface area contributed by atoms with E-state index in [1.165, 1.54) is 0 Å². The fraction of sp³-hybridized carbons (Fsp3) is 0.750. The van der Waals surface area contributed by atoms with Crippen LogP contribution in [0.4, 0.5) is 0 Å². The van der Waals surface area contributed by atoms with Crippen molar-refractivity contribution < 1.29 is 23.1 Å². The number of hydrogen-bond acceptors (Lipinski definition) is 4. The lowest BCUT2D eigenvalue weighted by Crippen LogP contribution is -2.50. The molecule has 78 valence electrons. The second kappa shape index (κ2) is 2.56. The van der Waals surface area contributed by atoms with Crippen LogP contribution in [0.25, 0.3) is 0 Å². The summed E-state index contributed by atoms with van der Waals surface area (Å²) in [5.41, 5.74) is 0. The highest BCUT2D eigenvalue weighted by Crippen LogP contribution is 2.45. The van der Waals surface area contributed by atoms with Gasteiger partial charge in [-0.05, 0) is 12.8 Å². The standard InChI is InChI=1S/C8H10O5S/c9-5-3-6-1-2-8(4-5,7(10)11)14(6,12)13/h6H,1-4H2,(H,10,11). The average molecular weight is 218 g/mol. The Kier molecular flexibility index (Phi) is 1.76. The molecule has 0 amide bonds. The maximum atomic E-state index is 11.8. The highest BCUT2D eigenvalue weighted by molar-refractivity contribution is 7.94. The highest BCUT2D eigenvalue weighted by Gasteiger charge is 2.62. The van der Waals surface area contributed by atoms with Crippen LogP contribution in [0.1, 0.15) is 25.7 Å². The van der Waals surface area contributed by atoms with Crippen LogP contribution < -0.4 is 0 Å². The largest absolute Gasteiger partial charge is 0.480 e. The summed E-state index contributed by atoms with van der Waals surface area (Å²) in [5.74, 6) is -1.61. The van der Waals surface area contributed by atoms with Crippen LogP contribution >= 0.6 is 0 Å². The van der Waals surface area contributed by atoms with Gasteiger partial charge < -0.3 is 5.11 Å². The summed E-state index contributed by atoms with van der Waals surface area (Å²) in [6.45, 7) is 0. The zero-order valence-electron chi connectivity index (χ0n) is 7.39. The number of carboxylic acids is 1. The predicted octanol–water partition coefficient (Wildman–Crippen LogP) is -0.250. The third-order valence-electron chi connectivity index (χ3n) is 3.18. The normalized spacial score (nSPS) is 39.7. The van der Waals surface area contributed by atoms with E-state index >= 15 is 0 Å². The lowest BCUT2D eigenvalue weighted by molar-refractivity contribution is -0.142. The number of ketones is 1. The van der Waals surface area contributed by atoms with Crippen molar-refractivity contribution in [3.8, 4) is 0 Å². The van der Waals surface area contributed by atoms with E-state index in [4.69, 9.17) is 5.11 Å². The summed E-state index contributed by atoms with van der Waals surface area (Å²) in [6.07, 6.45) is 0.0416. The van der Waals surface area contributed by atoms with E-state index in [0.29, 0.717) is 6.42 Å². The number of hydrogen-bond donors (Lipinski definition) is 1. The summed E-state index contributed by atoms with van der Waals surface area (Å²) >= 11 is 0. The second-order valence-corrected chi connectivity index (χ2v) is 6.46. The Bertz CT molecular complexity index is 409. The average Bonchev–Trinajstić information content (AvgIpc) is 2.27. The Labute approximate surface area is 81.0 Å². The number of carbonyl (C=O) groups is 2. The van der Waals surface area contributed by atoms with Crippen molar-refractivity contribution in [2.45, 2.75) is 35.7 Å². The summed E-state index contributed by atoms with van der Waals surface area (Å²) in [7, 11) is -3.64. The molecule has 0 radical (unpaired) electrons. The Morgan fingerprint density at radius 3 is 2.71 bits per heavy atom. The van der Waals surface area contributed by atoms with Crippen LogP contribution in [0, 0.1) is 0 Å². The van der Waals surface area contributed by atoms with Gasteiger partial charge in [-0.3, -0.25) is 9.59 Å². The molecule has 0 aromatic carbocycles. The molecule has 2 bridgehead atoms. The Morgan fingerprint density at radius 1 is 1.50 bits per heavy atom. The van der Waals surface area contributed by atoms with Crippen LogP contribution in [0.2, 0.25) is 0 Å². The molecule has 0 aromatic rings. The molecule has 0 aromatic heterocycles. The summed E-state index contributed by atoms with van der Waals surface area (Å²) in [5, 5.41) is 8.19. The van der Waals surface area contributed by atoms with Crippen LogP contribution in [-0.2, 0) is 19.4 Å². The van der Waals surface area contributed by atoms with E-state index in [0.717, 1.165) is 0 Å². The number of carboxylic acid groups (broad SMARTS) is 1. The minimum Gasteiger partial charge on any atom is -0.480 e. The van der Waals surface area contributed by atoms with Gasteiger partial charge in [0, 0.05) is 12.8 Å². The second-order valence-electron chi connectivity index (χ2n) is 3.92. The van der Waals surface area contributed by atoms with Gasteiger partial charge >= 0.3 is 5.97 Å². The molecule has 2 heterocycles. The molecule has 2 fully saturated rings. The van der Waals surface area contributed by atoms with E-state index in [9.17, 15) is 18.0 Å². The Balaban J connectivity index is 2.58. The first-order valence-corrected chi connectivity index (χ1v) is 5.93. The van der Waals surface area contributed by atoms with Gasteiger partial charge in [-0.1, -0.05) is 0 Å². The molecular weight excluding hydrogens is 208 g/mol. The van der Waals surface area contributed by atoms with Gasteiger partial charge in [0.25, 0.3) is 0 Å². The van der Waals surface area contributed by atoms with Gasteiger partial charge in [-0.2, -0.15) is 0 Å². The lowest BCUT2D eigenvalue weighted by atomic mass is 9.99. The van der Waals surface area contributed by atoms with Gasteiger partial charge in [0.2, 0.25) is 0 Å². The molecule has 0 spiro atoms. The molecule has 14 heavy (non-hydrogen) atoms. The topological polar surface area (TPSA) is 88.5 Å². The van der Waals surface area contributed by atoms with E-state index in [1.807, 2.05) is 0 Å². The summed E-state index contributed by atoms with van der Waals surface area (Å²) in [4.78, 5) is 22.2. The SMILES string of the molecule is O=C1CC2CCC(C(=O)O)(C1)S2(=O)=O. The molecule has 5 nitrogen and oxygen atoms in total. The van der Waals surface area contributed by atoms with E-state index in [2.05, 4.69) is 0 Å². The Morgan fingerprint density at radius 2 is 2.14 bits per heavy atom. The first-order valence-electron chi connectivity index (χ1n) is 4.39. The van der Waals surface area contributed by atoms with Crippen molar-refractivity contribution in [3.05, 3.63) is 0 Å². The van der Waals surface area contributed by atoms with E-state index < -0.39 is 25.8 Å². The van der Waals surface area contributed by atoms with Gasteiger partial charge in [0.05, 0.1) is 5.25 Å². The molecule has 0 saturated carbocycles. The van der Waals surface area contributed by atoms with Crippen molar-refractivity contribution in [1.82, 2.24) is 0 Å². The van der Waals surface area contributed by atoms with Crippen molar-refractivity contribution in [1.29, 1.82) is 0 Å². The summed E-state index contributed by atoms with van der Waals surface area (Å²) < 4.78 is 21.7. The molecule has 1 N–H and O–H groups in total. The first kappa shape index (κ1) is 9.64. The van der Waals surface area contributed by atoms with Crippen molar-refractivity contribution in [3.63, 3.8) is 0 Å². The van der Waals surface area contributed by atoms with Gasteiger partial charge in [0.1, 0.15) is 5.78 Å². The van der Waals surface area contributed by atoms with Crippen molar-refractivity contribution in [2.75, 3.05) is 0 Å². The smallest absolute Gasteiger partial charge is 0.325 e. The minimum atomic E-state index is -3.64. The predicted molar refractivity (Wildman–Crippen MR) is 46.5 cm³/mol. The monoisotopic (exact) mass is 218 g/mol. The molecular formula is C8H10O5S. The number of rotatable bonds is 1. The number of aliphatic carboxylic acids is 1. The molecule has 2 saturated heterocycles. The molecule has 6 heteroatoms. The molecule has 2 atom stereocenters. The van der Waals surface area contributed by atoms with Gasteiger partial charge in [0.15, 0.2) is 14.6 Å². The molecule has 2 aliphatic rings. The highest BCUT2D eigenvalue weighted by atomic mass is 32.2. The fourth-order valence-corrected chi connectivity index (χ4v) is 4.84. The number of carbonyl (C=O) groups excluding carboxylic acids is 1. The van der Waals surface area contributed by atoms with Gasteiger partial charge in [-0.15, -0.1) is 0 Å². The van der Waals surface area contributed by atoms with Crippen molar-refractivity contribution >= 4 is 21.6 Å².